The van der Waals surface area contributed by atoms with Crippen LogP contribution in [0.25, 0.3) is 10.1 Å². The fourth-order valence-electron chi connectivity index (χ4n) is 3.43. The predicted molar refractivity (Wildman–Crippen MR) is 111 cm³/mol. The van der Waals surface area contributed by atoms with Crippen LogP contribution in [0.4, 0.5) is 5.69 Å². The van der Waals surface area contributed by atoms with Crippen LogP contribution in [0, 0.1) is 12.8 Å². The molecule has 1 aromatic heterocycles. The lowest BCUT2D eigenvalue weighted by molar-refractivity contribution is -0.120. The van der Waals surface area contributed by atoms with Crippen LogP contribution in [-0.2, 0) is 14.8 Å². The van der Waals surface area contributed by atoms with Gasteiger partial charge in [0.05, 0.1) is 15.5 Å². The van der Waals surface area contributed by atoms with E-state index in [0.29, 0.717) is 25.1 Å². The van der Waals surface area contributed by atoms with Crippen molar-refractivity contribution >= 4 is 43.2 Å². The Hall–Kier alpha value is -2.29. The number of aromatic nitrogens is 1. The van der Waals surface area contributed by atoms with Crippen molar-refractivity contribution in [1.82, 2.24) is 8.68 Å². The fourth-order valence-corrected chi connectivity index (χ4v) is 5.58. The lowest BCUT2D eigenvalue weighted by Crippen LogP contribution is -2.43. The van der Waals surface area contributed by atoms with Gasteiger partial charge in [-0.25, -0.2) is 8.42 Å². The second-order valence-corrected chi connectivity index (χ2v) is 9.85. The van der Waals surface area contributed by atoms with Gasteiger partial charge in [0.25, 0.3) is 0 Å². The molecule has 146 valence electrons. The number of nitrogens with one attached hydrogen (secondary N) is 1. The van der Waals surface area contributed by atoms with Gasteiger partial charge in [-0.2, -0.15) is 8.68 Å². The van der Waals surface area contributed by atoms with Crippen LogP contribution in [0.1, 0.15) is 18.4 Å². The van der Waals surface area contributed by atoms with Gasteiger partial charge in [0.1, 0.15) is 0 Å². The van der Waals surface area contributed by atoms with Crippen molar-refractivity contribution in [3.8, 4) is 0 Å². The number of nitrogens with zero attached hydrogens (tertiary/aromatic N) is 2. The second kappa shape index (κ2) is 7.62. The maximum atomic E-state index is 12.9. The third kappa shape index (κ3) is 3.80. The topological polar surface area (TPSA) is 79.4 Å². The number of sulfonamides is 1. The molecule has 1 aliphatic rings. The van der Waals surface area contributed by atoms with Crippen molar-refractivity contribution < 1.29 is 13.2 Å². The molecule has 6 nitrogen and oxygen atoms in total. The largest absolute Gasteiger partial charge is 0.326 e. The quantitative estimate of drug-likeness (QED) is 0.705. The Balaban J connectivity index is 1.48. The van der Waals surface area contributed by atoms with Crippen LogP contribution in [0.3, 0.4) is 0 Å². The predicted octanol–water partition coefficient (Wildman–Crippen LogP) is 3.64. The monoisotopic (exact) mass is 415 g/mol. The highest BCUT2D eigenvalue weighted by molar-refractivity contribution is 7.89. The Morgan fingerprint density at radius 1 is 1.21 bits per heavy atom. The molecule has 2 aromatic carbocycles. The molecule has 2 heterocycles. The van der Waals surface area contributed by atoms with Crippen LogP contribution in [0.2, 0.25) is 0 Å². The van der Waals surface area contributed by atoms with Crippen LogP contribution in [0.15, 0.2) is 53.6 Å². The number of aryl methyl sites for hydroxylation is 1. The summed E-state index contributed by atoms with van der Waals surface area (Å²) in [5.41, 5.74) is 1.71. The number of rotatable bonds is 4. The minimum Gasteiger partial charge on any atom is -0.326 e. The molecule has 1 atom stereocenters. The number of benzene rings is 2. The van der Waals surface area contributed by atoms with Crippen LogP contribution >= 0.6 is 11.5 Å². The summed E-state index contributed by atoms with van der Waals surface area (Å²) in [6.45, 7) is 2.55. The first-order valence-corrected chi connectivity index (χ1v) is 11.4. The molecule has 0 saturated carbocycles. The Bertz CT molecular complexity index is 1110. The summed E-state index contributed by atoms with van der Waals surface area (Å²) in [7, 11) is -3.59. The van der Waals surface area contributed by atoms with E-state index < -0.39 is 10.0 Å². The molecule has 0 aliphatic carbocycles. The van der Waals surface area contributed by atoms with Gasteiger partial charge in [-0.15, -0.1) is 0 Å². The molecule has 1 fully saturated rings. The number of hydrogen-bond donors (Lipinski definition) is 1. The van der Waals surface area contributed by atoms with Crippen LogP contribution in [-0.4, -0.2) is 36.1 Å². The summed E-state index contributed by atoms with van der Waals surface area (Å²) < 4.78 is 32.5. The summed E-state index contributed by atoms with van der Waals surface area (Å²) in [5, 5.41) is 3.91. The Morgan fingerprint density at radius 2 is 2.00 bits per heavy atom. The molecule has 0 bridgehead atoms. The van der Waals surface area contributed by atoms with Crippen molar-refractivity contribution in [3.05, 3.63) is 54.2 Å². The molecule has 8 heteroatoms. The van der Waals surface area contributed by atoms with E-state index in [1.165, 1.54) is 15.8 Å². The number of carbonyl (C=O) groups excluding carboxylic acids is 1. The zero-order valence-electron chi connectivity index (χ0n) is 15.5. The molecule has 1 amide bonds. The number of fused-ring (bicyclic) bond motifs is 1. The summed E-state index contributed by atoms with van der Waals surface area (Å²) in [6.07, 6.45) is 3.11. The van der Waals surface area contributed by atoms with E-state index in [1.807, 2.05) is 25.1 Å². The average molecular weight is 416 g/mol. The summed E-state index contributed by atoms with van der Waals surface area (Å²) >= 11 is 1.41. The summed E-state index contributed by atoms with van der Waals surface area (Å²) in [5.74, 6) is -0.517. The third-order valence-corrected chi connectivity index (χ3v) is 7.69. The first-order valence-electron chi connectivity index (χ1n) is 9.15. The normalized spacial score (nSPS) is 18.2. The fraction of sp³-hybridized carbons (Fsp3) is 0.300. The zero-order chi connectivity index (χ0) is 19.7. The number of piperidine rings is 1. The molecule has 1 saturated heterocycles. The molecule has 28 heavy (non-hydrogen) atoms. The van der Waals surface area contributed by atoms with Gasteiger partial charge in [0.15, 0.2) is 0 Å². The third-order valence-electron chi connectivity index (χ3n) is 5.03. The Morgan fingerprint density at radius 3 is 2.79 bits per heavy atom. The van der Waals surface area contributed by atoms with E-state index in [1.54, 1.807) is 30.5 Å². The number of anilines is 1. The van der Waals surface area contributed by atoms with Crippen LogP contribution < -0.4 is 5.32 Å². The van der Waals surface area contributed by atoms with Crippen molar-refractivity contribution in [1.29, 1.82) is 0 Å². The minimum atomic E-state index is -3.59. The average Bonchev–Trinajstić information content (AvgIpc) is 3.16. The Labute approximate surface area is 168 Å². The van der Waals surface area contributed by atoms with E-state index in [2.05, 4.69) is 9.69 Å². The van der Waals surface area contributed by atoms with Gasteiger partial charge in [0.2, 0.25) is 15.9 Å². The van der Waals surface area contributed by atoms with E-state index in [4.69, 9.17) is 0 Å². The smallest absolute Gasteiger partial charge is 0.243 e. The standard InChI is InChI=1S/C20H21N3O3S2/c1-14-4-7-18(8-5-14)28(25,26)23-10-2-3-15(13-23)20(24)22-17-6-9-19-16(11-17)12-21-27-19/h4-9,11-12,15H,2-3,10,13H2,1H3,(H,22,24)/t15-/m1/s1. The van der Waals surface area contributed by atoms with E-state index in [-0.39, 0.29) is 23.3 Å². The lowest BCUT2D eigenvalue weighted by atomic mass is 9.98. The molecule has 0 unspecified atom stereocenters. The summed E-state index contributed by atoms with van der Waals surface area (Å²) in [4.78, 5) is 13.0. The molecule has 1 aliphatic heterocycles. The maximum absolute atomic E-state index is 12.9. The van der Waals surface area contributed by atoms with Crippen molar-refractivity contribution in [2.75, 3.05) is 18.4 Å². The van der Waals surface area contributed by atoms with E-state index in [9.17, 15) is 13.2 Å². The number of carbonyl (C=O) groups is 1. The van der Waals surface area contributed by atoms with Crippen molar-refractivity contribution in [2.45, 2.75) is 24.7 Å². The van der Waals surface area contributed by atoms with E-state index in [0.717, 1.165) is 15.6 Å². The summed E-state index contributed by atoms with van der Waals surface area (Å²) in [6, 6.07) is 12.5. The maximum Gasteiger partial charge on any atom is 0.243 e. The molecule has 1 N–H and O–H groups in total. The lowest BCUT2D eigenvalue weighted by Gasteiger charge is -2.31. The van der Waals surface area contributed by atoms with Gasteiger partial charge in [-0.3, -0.25) is 4.79 Å². The minimum absolute atomic E-state index is 0.147. The molecule has 0 spiro atoms. The van der Waals surface area contributed by atoms with E-state index >= 15 is 0 Å². The molecule has 3 aromatic rings. The van der Waals surface area contributed by atoms with Gasteiger partial charge in [-0.1, -0.05) is 17.7 Å². The highest BCUT2D eigenvalue weighted by Gasteiger charge is 2.33. The first-order chi connectivity index (χ1) is 13.4. The molecular weight excluding hydrogens is 394 g/mol. The highest BCUT2D eigenvalue weighted by Crippen LogP contribution is 2.26. The van der Waals surface area contributed by atoms with Gasteiger partial charge in [-0.05, 0) is 61.6 Å². The number of hydrogen-bond acceptors (Lipinski definition) is 5. The molecular formula is C20H21N3O3S2. The highest BCUT2D eigenvalue weighted by atomic mass is 32.2. The number of amides is 1. The van der Waals surface area contributed by atoms with Crippen molar-refractivity contribution in [3.63, 3.8) is 0 Å². The van der Waals surface area contributed by atoms with Crippen LogP contribution in [0.5, 0.6) is 0 Å². The van der Waals surface area contributed by atoms with Gasteiger partial charge in [0, 0.05) is 30.4 Å². The van der Waals surface area contributed by atoms with Gasteiger partial charge >= 0.3 is 0 Å². The van der Waals surface area contributed by atoms with Gasteiger partial charge < -0.3 is 5.32 Å². The second-order valence-electron chi connectivity index (χ2n) is 7.08. The van der Waals surface area contributed by atoms with Crippen molar-refractivity contribution in [2.24, 2.45) is 5.92 Å². The molecule has 4 rings (SSSR count). The first kappa shape index (κ1) is 19.0. The molecule has 0 radical (unpaired) electrons. The SMILES string of the molecule is Cc1ccc(S(=O)(=O)N2CCC[C@@H](C(=O)Nc3ccc4sncc4c3)C2)cc1. The zero-order valence-corrected chi connectivity index (χ0v) is 17.1. The Kier molecular flexibility index (Phi) is 5.18.